The second-order valence-electron chi connectivity index (χ2n) is 8.59. The van der Waals surface area contributed by atoms with Crippen LogP contribution in [0.15, 0.2) is 67.3 Å². The minimum absolute atomic E-state index is 0.0390. The van der Waals surface area contributed by atoms with E-state index in [1.807, 2.05) is 13.0 Å². The molecule has 0 bridgehead atoms. The van der Waals surface area contributed by atoms with Crippen LogP contribution in [0.5, 0.6) is 0 Å². The smallest absolute Gasteiger partial charge is 0.300 e. The van der Waals surface area contributed by atoms with E-state index in [0.717, 1.165) is 0 Å². The zero-order valence-electron chi connectivity index (χ0n) is 20.3. The number of fused-ring (bicyclic) bond motifs is 2. The number of nitrogens with zero attached hydrogens (tertiary/aromatic N) is 1. The van der Waals surface area contributed by atoms with Crippen LogP contribution < -0.4 is 10.7 Å². The van der Waals surface area contributed by atoms with Gasteiger partial charge in [0, 0.05) is 30.0 Å². The predicted molar refractivity (Wildman–Crippen MR) is 138 cm³/mol. The van der Waals surface area contributed by atoms with E-state index in [2.05, 4.69) is 10.3 Å². The van der Waals surface area contributed by atoms with Crippen LogP contribution >= 0.6 is 0 Å². The van der Waals surface area contributed by atoms with Gasteiger partial charge < -0.3 is 9.73 Å². The van der Waals surface area contributed by atoms with Crippen LogP contribution in [0.3, 0.4) is 0 Å². The van der Waals surface area contributed by atoms with Gasteiger partial charge in [0.25, 0.3) is 20.2 Å². The molecule has 1 aromatic rings. The van der Waals surface area contributed by atoms with Crippen LogP contribution in [0.1, 0.15) is 32.3 Å². The van der Waals surface area contributed by atoms with Crippen LogP contribution in [0.2, 0.25) is 0 Å². The summed E-state index contributed by atoms with van der Waals surface area (Å²) >= 11 is 0. The molecule has 3 aliphatic rings. The summed E-state index contributed by atoms with van der Waals surface area (Å²) in [6.45, 7) is 5.77. The number of benzene rings is 2. The molecule has 10 nitrogen and oxygen atoms in total. The molecule has 0 spiro atoms. The lowest BCUT2D eigenvalue weighted by Gasteiger charge is -2.29. The predicted octanol–water partition coefficient (Wildman–Crippen LogP) is 3.80. The first-order valence-electron chi connectivity index (χ1n) is 11.5. The van der Waals surface area contributed by atoms with Gasteiger partial charge in [-0.25, -0.2) is 0 Å². The normalized spacial score (nSPS) is 18.8. The fourth-order valence-corrected chi connectivity index (χ4v) is 6.44. The summed E-state index contributed by atoms with van der Waals surface area (Å²) in [5.41, 5.74) is 0.745. The zero-order valence-corrected chi connectivity index (χ0v) is 21.9. The van der Waals surface area contributed by atoms with Gasteiger partial charge in [-0.05, 0) is 55.2 Å². The molecule has 37 heavy (non-hydrogen) atoms. The molecule has 1 aromatic carbocycles. The maximum atomic E-state index is 12.6. The Labute approximate surface area is 214 Å². The first-order chi connectivity index (χ1) is 17.4. The van der Waals surface area contributed by atoms with Crippen molar-refractivity contribution in [1.82, 2.24) is 0 Å². The van der Waals surface area contributed by atoms with Gasteiger partial charge in [-0.3, -0.25) is 18.9 Å². The van der Waals surface area contributed by atoms with Crippen molar-refractivity contribution >= 4 is 43.2 Å². The summed E-state index contributed by atoms with van der Waals surface area (Å²) < 4.78 is 76.7. The minimum atomic E-state index is -4.91. The maximum absolute atomic E-state index is 12.6. The van der Waals surface area contributed by atoms with Crippen molar-refractivity contribution < 1.29 is 35.2 Å². The molecule has 12 heteroatoms. The molecule has 2 unspecified atom stereocenters. The van der Waals surface area contributed by atoms with Crippen LogP contribution in [0, 0.1) is 5.92 Å². The average Bonchev–Trinajstić information content (AvgIpc) is 2.81. The van der Waals surface area contributed by atoms with Gasteiger partial charge in [0.05, 0.1) is 11.0 Å². The van der Waals surface area contributed by atoms with Gasteiger partial charge >= 0.3 is 0 Å². The Bertz CT molecular complexity index is 1720. The van der Waals surface area contributed by atoms with Gasteiger partial charge in [0.1, 0.15) is 6.29 Å². The largest absolute Gasteiger partial charge is 0.453 e. The summed E-state index contributed by atoms with van der Waals surface area (Å²) in [5.74, 6) is -1.22. The fourth-order valence-electron chi connectivity index (χ4n) is 4.86. The molecule has 2 atom stereocenters. The van der Waals surface area contributed by atoms with Crippen molar-refractivity contribution in [2.24, 2.45) is 10.9 Å². The van der Waals surface area contributed by atoms with Crippen LogP contribution in [-0.4, -0.2) is 45.3 Å². The summed E-state index contributed by atoms with van der Waals surface area (Å²) in [6.07, 6.45) is 5.91. The molecule has 0 radical (unpaired) electrons. The fraction of sp³-hybridized carbons (Fsp3) is 0.280. The number of anilines is 1. The number of carbonyl (C=O) groups is 1. The van der Waals surface area contributed by atoms with Gasteiger partial charge in [-0.2, -0.15) is 16.8 Å². The molecule has 4 rings (SSSR count). The van der Waals surface area contributed by atoms with Gasteiger partial charge in [-0.15, -0.1) is 0 Å². The van der Waals surface area contributed by atoms with Crippen LogP contribution in [-0.2, 0) is 25.0 Å². The monoisotopic (exact) mass is 546 g/mol. The number of carbonyl (C=O) groups excluding carboxylic acids is 1. The number of hydrogen-bond acceptors (Lipinski definition) is 8. The molecule has 3 N–H and O–H groups in total. The Kier molecular flexibility index (Phi) is 7.12. The maximum Gasteiger partial charge on any atom is 0.300 e. The first-order valence-corrected chi connectivity index (χ1v) is 14.4. The highest BCUT2D eigenvalue weighted by atomic mass is 32.2. The van der Waals surface area contributed by atoms with Crippen molar-refractivity contribution in [3.05, 3.63) is 59.0 Å². The Morgan fingerprint density at radius 2 is 1.76 bits per heavy atom. The molecule has 2 aliphatic carbocycles. The quantitative estimate of drug-likeness (QED) is 0.227. The molecule has 1 heterocycles. The number of hydrogen-bond donors (Lipinski definition) is 3. The lowest BCUT2D eigenvalue weighted by molar-refractivity contribution is -0.105. The third-order valence-electron chi connectivity index (χ3n) is 6.23. The Morgan fingerprint density at radius 3 is 2.35 bits per heavy atom. The van der Waals surface area contributed by atoms with E-state index in [4.69, 9.17) is 4.42 Å². The first kappa shape index (κ1) is 26.7. The van der Waals surface area contributed by atoms with Gasteiger partial charge in [0.15, 0.2) is 21.1 Å². The number of allylic oxidation sites excluding steroid dienone is 4. The van der Waals surface area contributed by atoms with Crippen molar-refractivity contribution in [3.8, 4) is 11.3 Å². The standard InChI is InChI=1S/C25H26N2O8S2/c1-4-26-18-11-9-16-21(20-14(3)7-6-8-15(20)13-28)17-10-12-19(27-5-2)25(37(32,33)34)23(17)35-22(16)24(18)36(29,30)31/h6-14,20,26H,4-5H2,1-3H3,(H,29,30,31)(H,32,33,34). The Balaban J connectivity index is 2.35. The van der Waals surface area contributed by atoms with Crippen LogP contribution in [0.25, 0.3) is 22.3 Å². The molecular formula is C25H26N2O8S2. The third-order valence-corrected chi connectivity index (χ3v) is 8.07. The number of aldehydes is 1. The lowest BCUT2D eigenvalue weighted by Crippen LogP contribution is -2.21. The second kappa shape index (κ2) is 9.86. The molecule has 1 aliphatic heterocycles. The van der Waals surface area contributed by atoms with Gasteiger partial charge in [0.2, 0.25) is 0 Å². The highest BCUT2D eigenvalue weighted by Crippen LogP contribution is 2.47. The van der Waals surface area contributed by atoms with Gasteiger partial charge in [-0.1, -0.05) is 25.2 Å². The SMILES string of the molecule is CCN=c1ccc2c(C3C(C=O)=CC=CC3C)c3ccc(NCC)c(S(=O)(=O)O)c3oc-2c1S(=O)(=O)O. The summed E-state index contributed by atoms with van der Waals surface area (Å²) in [6, 6.07) is 6.04. The average molecular weight is 547 g/mol. The van der Waals surface area contributed by atoms with E-state index in [9.17, 15) is 30.7 Å². The second-order valence-corrected chi connectivity index (χ2v) is 11.3. The zero-order chi connectivity index (χ0) is 27.1. The Hall–Kier alpha value is -3.32. The molecule has 0 aromatic heterocycles. The Morgan fingerprint density at radius 1 is 1.05 bits per heavy atom. The van der Waals surface area contributed by atoms with Crippen molar-refractivity contribution in [3.63, 3.8) is 0 Å². The topological polar surface area (TPSA) is 163 Å². The molecule has 0 amide bonds. The van der Waals surface area contributed by atoms with Crippen molar-refractivity contribution in [1.29, 1.82) is 0 Å². The number of rotatable bonds is 7. The lowest BCUT2D eigenvalue weighted by atomic mass is 9.75. The van der Waals surface area contributed by atoms with Crippen molar-refractivity contribution in [2.45, 2.75) is 36.5 Å². The highest BCUT2D eigenvalue weighted by molar-refractivity contribution is 7.86. The highest BCUT2D eigenvalue weighted by Gasteiger charge is 2.35. The molecule has 0 saturated carbocycles. The van der Waals surface area contributed by atoms with Crippen molar-refractivity contribution in [2.75, 3.05) is 18.4 Å². The third kappa shape index (κ3) is 4.73. The van der Waals surface area contributed by atoms with Crippen LogP contribution in [0.4, 0.5) is 5.69 Å². The number of nitrogens with one attached hydrogen (secondary N) is 1. The molecular weight excluding hydrogens is 520 g/mol. The molecule has 0 fully saturated rings. The van der Waals surface area contributed by atoms with E-state index in [0.29, 0.717) is 24.0 Å². The summed E-state index contributed by atoms with van der Waals surface area (Å²) in [7, 11) is -9.80. The van der Waals surface area contributed by atoms with E-state index < -0.39 is 35.9 Å². The summed E-state index contributed by atoms with van der Waals surface area (Å²) in [5, 5.41) is 3.04. The minimum Gasteiger partial charge on any atom is -0.453 e. The molecule has 0 saturated heterocycles. The van der Waals surface area contributed by atoms with E-state index in [1.165, 1.54) is 12.1 Å². The van der Waals surface area contributed by atoms with E-state index in [1.54, 1.807) is 38.1 Å². The summed E-state index contributed by atoms with van der Waals surface area (Å²) in [4.78, 5) is 15.0. The van der Waals surface area contributed by atoms with E-state index in [-0.39, 0.29) is 45.8 Å². The molecule has 196 valence electrons. The van der Waals surface area contributed by atoms with E-state index >= 15 is 0 Å².